The maximum Gasteiger partial charge on any atom is 0.255 e. The van der Waals surface area contributed by atoms with Gasteiger partial charge in [0.15, 0.2) is 5.58 Å². The van der Waals surface area contributed by atoms with E-state index in [0.717, 1.165) is 11.1 Å². The number of rotatable bonds is 3. The highest BCUT2D eigenvalue weighted by Gasteiger charge is 2.14. The first-order chi connectivity index (χ1) is 13.4. The van der Waals surface area contributed by atoms with Gasteiger partial charge in [-0.2, -0.15) is 0 Å². The van der Waals surface area contributed by atoms with Crippen molar-refractivity contribution in [2.75, 3.05) is 5.32 Å². The van der Waals surface area contributed by atoms with Gasteiger partial charge in [0.05, 0.1) is 20.8 Å². The minimum absolute atomic E-state index is 0.302. The Morgan fingerprint density at radius 2 is 1.71 bits per heavy atom. The van der Waals surface area contributed by atoms with Crippen molar-refractivity contribution in [2.45, 2.75) is 6.92 Å². The molecule has 0 fully saturated rings. The number of fused-ring (bicyclic) bond motifs is 1. The zero-order valence-corrected chi connectivity index (χ0v) is 16.9. The molecule has 0 aliphatic rings. The Labute approximate surface area is 176 Å². The lowest BCUT2D eigenvalue weighted by Crippen LogP contribution is -2.12. The second-order valence-electron chi connectivity index (χ2n) is 6.27. The van der Waals surface area contributed by atoms with Gasteiger partial charge in [0.25, 0.3) is 5.91 Å². The zero-order chi connectivity index (χ0) is 19.8. The van der Waals surface area contributed by atoms with Crippen molar-refractivity contribution in [2.24, 2.45) is 0 Å². The Bertz CT molecular complexity index is 1220. The molecule has 1 amide bonds. The molecule has 1 N–H and O–H groups in total. The van der Waals surface area contributed by atoms with Crippen molar-refractivity contribution in [3.05, 3.63) is 80.8 Å². The van der Waals surface area contributed by atoms with E-state index in [2.05, 4.69) is 10.3 Å². The molecule has 7 heteroatoms. The molecule has 3 aromatic carbocycles. The van der Waals surface area contributed by atoms with Crippen LogP contribution in [0.1, 0.15) is 15.9 Å². The van der Waals surface area contributed by atoms with Crippen LogP contribution in [0.5, 0.6) is 0 Å². The Kier molecular flexibility index (Phi) is 5.02. The first kappa shape index (κ1) is 18.8. The predicted molar refractivity (Wildman–Crippen MR) is 114 cm³/mol. The third-order valence-electron chi connectivity index (χ3n) is 4.19. The molecular formula is C21H13Cl3N2O2. The van der Waals surface area contributed by atoms with Crippen LogP contribution in [0, 0.1) is 6.92 Å². The second-order valence-corrected chi connectivity index (χ2v) is 7.49. The number of benzene rings is 3. The smallest absolute Gasteiger partial charge is 0.255 e. The molecule has 28 heavy (non-hydrogen) atoms. The highest BCUT2D eigenvalue weighted by Crippen LogP contribution is 2.31. The van der Waals surface area contributed by atoms with Gasteiger partial charge < -0.3 is 9.73 Å². The molecule has 1 aromatic heterocycles. The molecule has 0 spiro atoms. The van der Waals surface area contributed by atoms with Gasteiger partial charge in [-0.1, -0.05) is 40.9 Å². The summed E-state index contributed by atoms with van der Waals surface area (Å²) in [7, 11) is 0. The molecule has 4 rings (SSSR count). The maximum atomic E-state index is 12.5. The Morgan fingerprint density at radius 1 is 0.929 bits per heavy atom. The van der Waals surface area contributed by atoms with Crippen molar-refractivity contribution in [3.8, 4) is 11.5 Å². The molecule has 0 saturated heterocycles. The van der Waals surface area contributed by atoms with Crippen molar-refractivity contribution in [1.29, 1.82) is 0 Å². The summed E-state index contributed by atoms with van der Waals surface area (Å²) in [5.74, 6) is 0.0908. The minimum Gasteiger partial charge on any atom is -0.436 e. The van der Waals surface area contributed by atoms with Crippen molar-refractivity contribution < 1.29 is 9.21 Å². The van der Waals surface area contributed by atoms with E-state index in [1.54, 1.807) is 30.3 Å². The number of carbonyl (C=O) groups is 1. The minimum atomic E-state index is -0.356. The largest absolute Gasteiger partial charge is 0.436 e. The summed E-state index contributed by atoms with van der Waals surface area (Å²) < 4.78 is 5.82. The summed E-state index contributed by atoms with van der Waals surface area (Å²) in [4.78, 5) is 17.1. The van der Waals surface area contributed by atoms with E-state index >= 15 is 0 Å². The fourth-order valence-corrected chi connectivity index (χ4v) is 3.21. The lowest BCUT2D eigenvalue weighted by molar-refractivity contribution is 0.102. The van der Waals surface area contributed by atoms with Crippen LogP contribution in [0.4, 0.5) is 5.69 Å². The Balaban J connectivity index is 1.66. The van der Waals surface area contributed by atoms with Gasteiger partial charge in [-0.15, -0.1) is 0 Å². The zero-order valence-electron chi connectivity index (χ0n) is 14.6. The van der Waals surface area contributed by atoms with E-state index in [1.165, 1.54) is 6.07 Å². The highest BCUT2D eigenvalue weighted by atomic mass is 35.5. The summed E-state index contributed by atoms with van der Waals surface area (Å²) in [6.45, 7) is 1.99. The number of halogens is 3. The number of hydrogen-bond donors (Lipinski definition) is 1. The van der Waals surface area contributed by atoms with Crippen LogP contribution in [0.15, 0.2) is 59.0 Å². The lowest BCUT2D eigenvalue weighted by Gasteiger charge is -2.09. The average Bonchev–Trinajstić information content (AvgIpc) is 3.08. The first-order valence-corrected chi connectivity index (χ1v) is 9.47. The monoisotopic (exact) mass is 430 g/mol. The fourth-order valence-electron chi connectivity index (χ4n) is 2.75. The number of aromatic nitrogens is 1. The predicted octanol–water partition coefficient (Wildman–Crippen LogP) is 7.02. The topological polar surface area (TPSA) is 55.1 Å². The highest BCUT2D eigenvalue weighted by molar-refractivity contribution is 6.42. The molecule has 4 nitrogen and oxygen atoms in total. The third-order valence-corrected chi connectivity index (χ3v) is 5.25. The van der Waals surface area contributed by atoms with Crippen LogP contribution in [-0.2, 0) is 0 Å². The number of nitrogens with zero attached hydrogens (tertiary/aromatic N) is 1. The van der Waals surface area contributed by atoms with Crippen LogP contribution < -0.4 is 5.32 Å². The number of aryl methyl sites for hydroxylation is 1. The molecule has 4 aromatic rings. The summed E-state index contributed by atoms with van der Waals surface area (Å²) >= 11 is 18.1. The Morgan fingerprint density at radius 3 is 2.50 bits per heavy atom. The molecule has 0 aliphatic carbocycles. The summed E-state index contributed by atoms with van der Waals surface area (Å²) in [6.07, 6.45) is 0. The molecule has 0 atom stereocenters. The van der Waals surface area contributed by atoms with Crippen LogP contribution in [0.3, 0.4) is 0 Å². The molecule has 1 heterocycles. The SMILES string of the molecule is Cc1ccc2oc(-c3ccc(Cl)c(NC(=O)c4ccc(Cl)c(Cl)c4)c3)nc2c1. The third kappa shape index (κ3) is 3.72. The van der Waals surface area contributed by atoms with E-state index in [1.807, 2.05) is 25.1 Å². The van der Waals surface area contributed by atoms with E-state index < -0.39 is 0 Å². The number of nitrogens with one attached hydrogen (secondary N) is 1. The number of amides is 1. The second kappa shape index (κ2) is 7.47. The number of anilines is 1. The van der Waals surface area contributed by atoms with Crippen LogP contribution >= 0.6 is 34.8 Å². The van der Waals surface area contributed by atoms with Crippen LogP contribution in [0.25, 0.3) is 22.6 Å². The van der Waals surface area contributed by atoms with Gasteiger partial charge in [0.1, 0.15) is 5.52 Å². The molecule has 0 radical (unpaired) electrons. The van der Waals surface area contributed by atoms with Crippen LogP contribution in [-0.4, -0.2) is 10.9 Å². The molecule has 140 valence electrons. The summed E-state index contributed by atoms with van der Waals surface area (Å²) in [5.41, 5.74) is 4.06. The molecule has 0 bridgehead atoms. The lowest BCUT2D eigenvalue weighted by atomic mass is 10.1. The van der Waals surface area contributed by atoms with Crippen LogP contribution in [0.2, 0.25) is 15.1 Å². The molecule has 0 unspecified atom stereocenters. The molecule has 0 saturated carbocycles. The van der Waals surface area contributed by atoms with Crippen molar-refractivity contribution in [3.63, 3.8) is 0 Å². The molecule has 0 aliphatic heterocycles. The van der Waals surface area contributed by atoms with E-state index in [-0.39, 0.29) is 5.91 Å². The van der Waals surface area contributed by atoms with Gasteiger partial charge in [-0.05, 0) is 61.0 Å². The maximum absolute atomic E-state index is 12.5. The van der Waals surface area contributed by atoms with Gasteiger partial charge in [0, 0.05) is 11.1 Å². The van der Waals surface area contributed by atoms with Gasteiger partial charge in [-0.3, -0.25) is 4.79 Å². The van der Waals surface area contributed by atoms with Gasteiger partial charge in [-0.25, -0.2) is 4.98 Å². The number of oxazole rings is 1. The van der Waals surface area contributed by atoms with E-state index in [0.29, 0.717) is 43.4 Å². The first-order valence-electron chi connectivity index (χ1n) is 8.34. The van der Waals surface area contributed by atoms with E-state index in [4.69, 9.17) is 39.2 Å². The Hall–Kier alpha value is -2.53. The number of carbonyl (C=O) groups excluding carboxylic acids is 1. The summed E-state index contributed by atoms with van der Waals surface area (Å²) in [5, 5.41) is 3.86. The normalized spacial score (nSPS) is 11.0. The van der Waals surface area contributed by atoms with E-state index in [9.17, 15) is 4.79 Å². The number of hydrogen-bond acceptors (Lipinski definition) is 3. The van der Waals surface area contributed by atoms with Crippen molar-refractivity contribution >= 4 is 57.5 Å². The summed E-state index contributed by atoms with van der Waals surface area (Å²) in [6, 6.07) is 15.6. The van der Waals surface area contributed by atoms with Crippen molar-refractivity contribution in [1.82, 2.24) is 4.98 Å². The molecular weight excluding hydrogens is 419 g/mol. The fraction of sp³-hybridized carbons (Fsp3) is 0.0476. The quantitative estimate of drug-likeness (QED) is 0.379. The van der Waals surface area contributed by atoms with Gasteiger partial charge in [0.2, 0.25) is 5.89 Å². The van der Waals surface area contributed by atoms with Gasteiger partial charge >= 0.3 is 0 Å². The standard InChI is InChI=1S/C21H13Cl3N2O2/c1-11-2-7-19-18(8-11)26-21(28-19)13-4-6-15(23)17(10-13)25-20(27)12-3-5-14(22)16(24)9-12/h2-10H,1H3,(H,25,27). The average molecular weight is 432 g/mol.